The SMILES string of the molecule is O=C(N[C@H](c1ccccn1)C1CC(O)C1)c1cnc2ccccc2n1. The van der Waals surface area contributed by atoms with Gasteiger partial charge in [0.2, 0.25) is 0 Å². The van der Waals surface area contributed by atoms with Crippen molar-refractivity contribution in [2.75, 3.05) is 0 Å². The Balaban J connectivity index is 1.59. The second-order valence-electron chi connectivity index (χ2n) is 6.34. The lowest BCUT2D eigenvalue weighted by molar-refractivity contribution is 0.0227. The van der Waals surface area contributed by atoms with Crippen LogP contribution in [0.3, 0.4) is 0 Å². The fourth-order valence-electron chi connectivity index (χ4n) is 3.18. The Morgan fingerprint density at radius 1 is 1.08 bits per heavy atom. The predicted octanol–water partition coefficient (Wildman–Crippen LogP) is 2.27. The van der Waals surface area contributed by atoms with E-state index in [-0.39, 0.29) is 29.7 Å². The molecule has 1 amide bonds. The van der Waals surface area contributed by atoms with Gasteiger partial charge in [0, 0.05) is 6.20 Å². The number of fused-ring (bicyclic) bond motifs is 1. The predicted molar refractivity (Wildman–Crippen MR) is 92.7 cm³/mol. The lowest BCUT2D eigenvalue weighted by Crippen LogP contribution is -2.42. The molecular formula is C19H18N4O2. The molecule has 126 valence electrons. The Bertz CT molecular complexity index is 894. The normalized spacial score (nSPS) is 20.7. The maximum atomic E-state index is 12.7. The zero-order valence-corrected chi connectivity index (χ0v) is 13.5. The Kier molecular flexibility index (Phi) is 4.11. The Morgan fingerprint density at radius 3 is 2.56 bits per heavy atom. The monoisotopic (exact) mass is 334 g/mol. The highest BCUT2D eigenvalue weighted by atomic mass is 16.3. The fraction of sp³-hybridized carbons (Fsp3) is 0.263. The van der Waals surface area contributed by atoms with E-state index in [0.29, 0.717) is 18.4 Å². The number of aromatic nitrogens is 3. The summed E-state index contributed by atoms with van der Waals surface area (Å²) < 4.78 is 0. The van der Waals surface area contributed by atoms with Crippen LogP contribution in [0.5, 0.6) is 0 Å². The average molecular weight is 334 g/mol. The van der Waals surface area contributed by atoms with Crippen molar-refractivity contribution in [1.29, 1.82) is 0 Å². The number of amides is 1. The number of benzene rings is 1. The summed E-state index contributed by atoms with van der Waals surface area (Å²) in [7, 11) is 0. The molecule has 0 radical (unpaired) electrons. The highest BCUT2D eigenvalue weighted by Gasteiger charge is 2.36. The zero-order chi connectivity index (χ0) is 17.2. The van der Waals surface area contributed by atoms with Crippen LogP contribution in [0, 0.1) is 5.92 Å². The summed E-state index contributed by atoms with van der Waals surface area (Å²) in [5.41, 5.74) is 2.51. The summed E-state index contributed by atoms with van der Waals surface area (Å²) >= 11 is 0. The minimum atomic E-state index is -0.298. The van der Waals surface area contributed by atoms with Gasteiger partial charge in [-0.1, -0.05) is 18.2 Å². The molecule has 1 atom stereocenters. The van der Waals surface area contributed by atoms with Gasteiger partial charge in [-0.25, -0.2) is 4.98 Å². The van der Waals surface area contributed by atoms with Crippen LogP contribution in [0.25, 0.3) is 11.0 Å². The van der Waals surface area contributed by atoms with E-state index in [9.17, 15) is 9.90 Å². The maximum Gasteiger partial charge on any atom is 0.272 e. The molecule has 3 aromatic rings. The molecule has 0 unspecified atom stereocenters. The van der Waals surface area contributed by atoms with Crippen molar-refractivity contribution >= 4 is 16.9 Å². The topological polar surface area (TPSA) is 88.0 Å². The number of aliphatic hydroxyl groups excluding tert-OH is 1. The minimum Gasteiger partial charge on any atom is -0.393 e. The molecule has 0 saturated heterocycles. The van der Waals surface area contributed by atoms with Crippen molar-refractivity contribution in [1.82, 2.24) is 20.3 Å². The number of aliphatic hydroxyl groups is 1. The van der Waals surface area contributed by atoms with E-state index >= 15 is 0 Å². The van der Waals surface area contributed by atoms with Gasteiger partial charge in [-0.3, -0.25) is 14.8 Å². The molecular weight excluding hydrogens is 316 g/mol. The summed E-state index contributed by atoms with van der Waals surface area (Å²) in [6.45, 7) is 0. The molecule has 2 aromatic heterocycles. The van der Waals surface area contributed by atoms with Gasteiger partial charge in [-0.2, -0.15) is 0 Å². The van der Waals surface area contributed by atoms with E-state index in [0.717, 1.165) is 11.2 Å². The second-order valence-corrected chi connectivity index (χ2v) is 6.34. The molecule has 2 N–H and O–H groups in total. The first-order valence-electron chi connectivity index (χ1n) is 8.32. The Labute approximate surface area is 145 Å². The van der Waals surface area contributed by atoms with E-state index in [1.54, 1.807) is 6.20 Å². The number of para-hydroxylation sites is 2. The second kappa shape index (κ2) is 6.57. The smallest absolute Gasteiger partial charge is 0.272 e. The van der Waals surface area contributed by atoms with Gasteiger partial charge >= 0.3 is 0 Å². The van der Waals surface area contributed by atoms with E-state index in [1.165, 1.54) is 6.20 Å². The lowest BCUT2D eigenvalue weighted by atomic mass is 9.76. The highest BCUT2D eigenvalue weighted by Crippen LogP contribution is 2.37. The van der Waals surface area contributed by atoms with Crippen LogP contribution in [0.15, 0.2) is 54.9 Å². The molecule has 1 aromatic carbocycles. The van der Waals surface area contributed by atoms with Gasteiger partial charge in [-0.15, -0.1) is 0 Å². The third-order valence-corrected chi connectivity index (χ3v) is 4.60. The van der Waals surface area contributed by atoms with Crippen molar-refractivity contribution in [2.24, 2.45) is 5.92 Å². The van der Waals surface area contributed by atoms with Crippen LogP contribution in [0.4, 0.5) is 0 Å². The number of pyridine rings is 1. The molecule has 1 aliphatic carbocycles. The van der Waals surface area contributed by atoms with E-state index < -0.39 is 0 Å². The largest absolute Gasteiger partial charge is 0.393 e. The first-order valence-corrected chi connectivity index (χ1v) is 8.32. The van der Waals surface area contributed by atoms with E-state index in [2.05, 4.69) is 20.3 Å². The molecule has 1 fully saturated rings. The van der Waals surface area contributed by atoms with Crippen molar-refractivity contribution < 1.29 is 9.90 Å². The molecule has 1 aliphatic rings. The number of carbonyl (C=O) groups excluding carboxylic acids is 1. The van der Waals surface area contributed by atoms with Crippen LogP contribution < -0.4 is 5.32 Å². The molecule has 2 heterocycles. The van der Waals surface area contributed by atoms with Crippen LogP contribution >= 0.6 is 0 Å². The summed E-state index contributed by atoms with van der Waals surface area (Å²) in [5, 5.41) is 12.6. The molecule has 6 nitrogen and oxygen atoms in total. The van der Waals surface area contributed by atoms with Gasteiger partial charge in [0.1, 0.15) is 5.69 Å². The van der Waals surface area contributed by atoms with Gasteiger partial charge < -0.3 is 10.4 Å². The quantitative estimate of drug-likeness (QED) is 0.764. The van der Waals surface area contributed by atoms with E-state index in [4.69, 9.17) is 0 Å². The number of hydrogen-bond acceptors (Lipinski definition) is 5. The van der Waals surface area contributed by atoms with Crippen molar-refractivity contribution in [3.05, 3.63) is 66.2 Å². The van der Waals surface area contributed by atoms with Crippen LogP contribution in [-0.2, 0) is 0 Å². The van der Waals surface area contributed by atoms with Gasteiger partial charge in [0.15, 0.2) is 0 Å². The lowest BCUT2D eigenvalue weighted by Gasteiger charge is -2.37. The minimum absolute atomic E-state index is 0.169. The third-order valence-electron chi connectivity index (χ3n) is 4.60. The van der Waals surface area contributed by atoms with Crippen LogP contribution in [-0.4, -0.2) is 32.1 Å². The molecule has 0 spiro atoms. The van der Waals surface area contributed by atoms with Crippen LogP contribution in [0.1, 0.15) is 35.1 Å². The summed E-state index contributed by atoms with van der Waals surface area (Å²) in [6, 6.07) is 12.8. The number of carbonyl (C=O) groups is 1. The van der Waals surface area contributed by atoms with Crippen molar-refractivity contribution in [3.8, 4) is 0 Å². The Hall–Kier alpha value is -2.86. The standard InChI is InChI=1S/C19H18N4O2/c24-13-9-12(10-13)18(16-7-3-4-8-20-16)23-19(25)17-11-21-14-5-1-2-6-15(14)22-17/h1-8,11-13,18,24H,9-10H2,(H,23,25)/t12?,13?,18-/m0/s1. The van der Waals surface area contributed by atoms with Crippen molar-refractivity contribution in [3.63, 3.8) is 0 Å². The molecule has 6 heteroatoms. The van der Waals surface area contributed by atoms with Gasteiger partial charge in [0.05, 0.1) is 35.1 Å². The number of hydrogen-bond donors (Lipinski definition) is 2. The first-order chi connectivity index (χ1) is 12.2. The molecule has 0 aliphatic heterocycles. The van der Waals surface area contributed by atoms with Gasteiger partial charge in [-0.05, 0) is 43.0 Å². The molecule has 4 rings (SSSR count). The zero-order valence-electron chi connectivity index (χ0n) is 13.5. The van der Waals surface area contributed by atoms with Gasteiger partial charge in [0.25, 0.3) is 5.91 Å². The van der Waals surface area contributed by atoms with Crippen LogP contribution in [0.2, 0.25) is 0 Å². The first kappa shape index (κ1) is 15.7. The fourth-order valence-corrected chi connectivity index (χ4v) is 3.18. The van der Waals surface area contributed by atoms with E-state index in [1.807, 2.05) is 42.5 Å². The maximum absolute atomic E-state index is 12.7. The third kappa shape index (κ3) is 3.21. The summed E-state index contributed by atoms with van der Waals surface area (Å²) in [5.74, 6) is -0.113. The summed E-state index contributed by atoms with van der Waals surface area (Å²) in [6.07, 6.45) is 4.21. The molecule has 1 saturated carbocycles. The molecule has 25 heavy (non-hydrogen) atoms. The highest BCUT2D eigenvalue weighted by molar-refractivity contribution is 5.94. The Morgan fingerprint density at radius 2 is 1.84 bits per heavy atom. The number of rotatable bonds is 4. The number of nitrogens with zero attached hydrogens (tertiary/aromatic N) is 3. The average Bonchev–Trinajstić information content (AvgIpc) is 2.64. The molecule has 0 bridgehead atoms. The van der Waals surface area contributed by atoms with Crippen molar-refractivity contribution in [2.45, 2.75) is 25.0 Å². The number of nitrogens with one attached hydrogen (secondary N) is 1. The summed E-state index contributed by atoms with van der Waals surface area (Å²) in [4.78, 5) is 25.8.